The SMILES string of the molecule is CCNC(=NCC(OC)c1ccc(F)cc1)NCCCOCC. The van der Waals surface area contributed by atoms with Crippen molar-refractivity contribution in [2.24, 2.45) is 4.99 Å². The van der Waals surface area contributed by atoms with Crippen molar-refractivity contribution in [2.45, 2.75) is 26.4 Å². The van der Waals surface area contributed by atoms with Crippen LogP contribution in [0.4, 0.5) is 4.39 Å². The summed E-state index contributed by atoms with van der Waals surface area (Å²) in [6.45, 7) is 7.51. The number of methoxy groups -OCH3 is 1. The first kappa shape index (κ1) is 19.4. The van der Waals surface area contributed by atoms with E-state index >= 15 is 0 Å². The highest BCUT2D eigenvalue weighted by molar-refractivity contribution is 5.79. The zero-order valence-corrected chi connectivity index (χ0v) is 14.3. The van der Waals surface area contributed by atoms with Crippen molar-refractivity contribution in [1.29, 1.82) is 0 Å². The van der Waals surface area contributed by atoms with Gasteiger partial charge in [0.25, 0.3) is 0 Å². The Morgan fingerprint density at radius 1 is 1.22 bits per heavy atom. The summed E-state index contributed by atoms with van der Waals surface area (Å²) in [4.78, 5) is 4.54. The number of nitrogens with zero attached hydrogens (tertiary/aromatic N) is 1. The van der Waals surface area contributed by atoms with E-state index in [9.17, 15) is 4.39 Å². The molecular formula is C17H28FN3O2. The quantitative estimate of drug-likeness (QED) is 0.394. The van der Waals surface area contributed by atoms with E-state index < -0.39 is 0 Å². The summed E-state index contributed by atoms with van der Waals surface area (Å²) in [5, 5.41) is 6.46. The van der Waals surface area contributed by atoms with E-state index in [1.54, 1.807) is 19.2 Å². The molecule has 0 spiro atoms. The van der Waals surface area contributed by atoms with Crippen LogP contribution in [0, 0.1) is 5.82 Å². The molecule has 0 aliphatic rings. The second-order valence-corrected chi connectivity index (χ2v) is 4.97. The lowest BCUT2D eigenvalue weighted by Gasteiger charge is -2.16. The number of aliphatic imine (C=N–C) groups is 1. The Hall–Kier alpha value is -1.66. The molecule has 0 saturated heterocycles. The third kappa shape index (κ3) is 7.95. The molecular weight excluding hydrogens is 297 g/mol. The van der Waals surface area contributed by atoms with E-state index in [2.05, 4.69) is 15.6 Å². The van der Waals surface area contributed by atoms with Crippen LogP contribution in [0.25, 0.3) is 0 Å². The average Bonchev–Trinajstić information content (AvgIpc) is 2.56. The van der Waals surface area contributed by atoms with Crippen LogP contribution in [-0.4, -0.2) is 45.9 Å². The molecule has 0 amide bonds. The van der Waals surface area contributed by atoms with E-state index in [0.717, 1.165) is 44.2 Å². The van der Waals surface area contributed by atoms with Crippen molar-refractivity contribution in [3.8, 4) is 0 Å². The molecule has 1 aromatic rings. The fourth-order valence-corrected chi connectivity index (χ4v) is 2.03. The number of ether oxygens (including phenoxy) is 2. The Bertz CT molecular complexity index is 452. The smallest absolute Gasteiger partial charge is 0.191 e. The molecule has 6 heteroatoms. The Morgan fingerprint density at radius 2 is 1.96 bits per heavy atom. The Morgan fingerprint density at radius 3 is 2.57 bits per heavy atom. The van der Waals surface area contributed by atoms with Gasteiger partial charge >= 0.3 is 0 Å². The topological polar surface area (TPSA) is 54.9 Å². The maximum atomic E-state index is 13.0. The number of hydrogen-bond donors (Lipinski definition) is 2. The van der Waals surface area contributed by atoms with Crippen LogP contribution in [0.5, 0.6) is 0 Å². The van der Waals surface area contributed by atoms with Crippen molar-refractivity contribution >= 4 is 5.96 Å². The van der Waals surface area contributed by atoms with Gasteiger partial charge in [-0.05, 0) is 38.0 Å². The number of guanidine groups is 1. The Labute approximate surface area is 138 Å². The molecule has 130 valence electrons. The lowest BCUT2D eigenvalue weighted by molar-refractivity contribution is 0.111. The van der Waals surface area contributed by atoms with Crippen LogP contribution in [0.1, 0.15) is 31.9 Å². The van der Waals surface area contributed by atoms with Gasteiger partial charge in [-0.3, -0.25) is 4.99 Å². The first-order valence-corrected chi connectivity index (χ1v) is 8.09. The van der Waals surface area contributed by atoms with Crippen molar-refractivity contribution in [3.63, 3.8) is 0 Å². The average molecular weight is 325 g/mol. The highest BCUT2D eigenvalue weighted by atomic mass is 19.1. The molecule has 1 aromatic carbocycles. The summed E-state index contributed by atoms with van der Waals surface area (Å²) in [5.74, 6) is 0.490. The van der Waals surface area contributed by atoms with E-state index in [4.69, 9.17) is 9.47 Å². The third-order valence-electron chi connectivity index (χ3n) is 3.25. The Kier molecular flexibility index (Phi) is 9.99. The summed E-state index contributed by atoms with van der Waals surface area (Å²) in [5.41, 5.74) is 0.907. The summed E-state index contributed by atoms with van der Waals surface area (Å²) < 4.78 is 23.8. The molecule has 0 heterocycles. The monoisotopic (exact) mass is 325 g/mol. The van der Waals surface area contributed by atoms with Gasteiger partial charge in [-0.1, -0.05) is 12.1 Å². The predicted molar refractivity (Wildman–Crippen MR) is 91.2 cm³/mol. The van der Waals surface area contributed by atoms with Gasteiger partial charge in [0.15, 0.2) is 5.96 Å². The highest BCUT2D eigenvalue weighted by Gasteiger charge is 2.10. The molecule has 23 heavy (non-hydrogen) atoms. The van der Waals surface area contributed by atoms with Gasteiger partial charge in [-0.25, -0.2) is 4.39 Å². The summed E-state index contributed by atoms with van der Waals surface area (Å²) in [6.07, 6.45) is 0.721. The minimum Gasteiger partial charge on any atom is -0.382 e. The molecule has 0 aromatic heterocycles. The standard InChI is InChI=1S/C17H28FN3O2/c1-4-19-17(20-11-6-12-23-5-2)21-13-16(22-3)14-7-9-15(18)10-8-14/h7-10,16H,4-6,11-13H2,1-3H3,(H2,19,20,21). The molecule has 5 nitrogen and oxygen atoms in total. The molecule has 0 bridgehead atoms. The summed E-state index contributed by atoms with van der Waals surface area (Å²) in [6, 6.07) is 6.31. The molecule has 2 N–H and O–H groups in total. The first-order chi connectivity index (χ1) is 11.2. The number of nitrogens with one attached hydrogen (secondary N) is 2. The van der Waals surface area contributed by atoms with Gasteiger partial charge in [0.2, 0.25) is 0 Å². The zero-order chi connectivity index (χ0) is 16.9. The first-order valence-electron chi connectivity index (χ1n) is 8.09. The normalized spacial score (nSPS) is 13.0. The molecule has 1 atom stereocenters. The van der Waals surface area contributed by atoms with Gasteiger partial charge in [0, 0.05) is 33.4 Å². The van der Waals surface area contributed by atoms with E-state index in [-0.39, 0.29) is 11.9 Å². The third-order valence-corrected chi connectivity index (χ3v) is 3.25. The van der Waals surface area contributed by atoms with Crippen LogP contribution in [-0.2, 0) is 9.47 Å². The highest BCUT2D eigenvalue weighted by Crippen LogP contribution is 2.17. The molecule has 1 rings (SSSR count). The van der Waals surface area contributed by atoms with E-state index in [1.165, 1.54) is 12.1 Å². The van der Waals surface area contributed by atoms with Gasteiger partial charge in [-0.2, -0.15) is 0 Å². The molecule has 1 unspecified atom stereocenters. The number of rotatable bonds is 10. The lowest BCUT2D eigenvalue weighted by Crippen LogP contribution is -2.38. The molecule has 0 aliphatic carbocycles. The van der Waals surface area contributed by atoms with Gasteiger partial charge in [0.1, 0.15) is 11.9 Å². The maximum absolute atomic E-state index is 13.0. The minimum absolute atomic E-state index is 0.200. The lowest BCUT2D eigenvalue weighted by atomic mass is 10.1. The van der Waals surface area contributed by atoms with Crippen LogP contribution in [0.2, 0.25) is 0 Å². The zero-order valence-electron chi connectivity index (χ0n) is 14.3. The van der Waals surface area contributed by atoms with Gasteiger partial charge in [0.05, 0.1) is 6.54 Å². The van der Waals surface area contributed by atoms with Gasteiger partial charge < -0.3 is 20.1 Å². The predicted octanol–water partition coefficient (Wildman–Crippen LogP) is 2.49. The largest absolute Gasteiger partial charge is 0.382 e. The molecule has 0 saturated carbocycles. The molecule has 0 aliphatic heterocycles. The minimum atomic E-state index is -0.253. The molecule has 0 fully saturated rings. The van der Waals surface area contributed by atoms with Crippen molar-refractivity contribution < 1.29 is 13.9 Å². The van der Waals surface area contributed by atoms with Crippen molar-refractivity contribution in [1.82, 2.24) is 10.6 Å². The number of hydrogen-bond acceptors (Lipinski definition) is 3. The fraction of sp³-hybridized carbons (Fsp3) is 0.588. The van der Waals surface area contributed by atoms with Crippen molar-refractivity contribution in [2.75, 3.05) is 40.0 Å². The number of halogens is 1. The van der Waals surface area contributed by atoms with Crippen LogP contribution in [0.15, 0.2) is 29.3 Å². The number of benzene rings is 1. The fourth-order valence-electron chi connectivity index (χ4n) is 2.03. The maximum Gasteiger partial charge on any atom is 0.191 e. The van der Waals surface area contributed by atoms with Crippen LogP contribution >= 0.6 is 0 Å². The van der Waals surface area contributed by atoms with Crippen LogP contribution in [0.3, 0.4) is 0 Å². The van der Waals surface area contributed by atoms with E-state index in [1.807, 2.05) is 13.8 Å². The summed E-state index contributed by atoms with van der Waals surface area (Å²) in [7, 11) is 1.63. The molecule has 0 radical (unpaired) electrons. The summed E-state index contributed by atoms with van der Waals surface area (Å²) >= 11 is 0. The second kappa shape index (κ2) is 11.8. The Balaban J connectivity index is 2.54. The van der Waals surface area contributed by atoms with Crippen LogP contribution < -0.4 is 10.6 Å². The van der Waals surface area contributed by atoms with Crippen molar-refractivity contribution in [3.05, 3.63) is 35.6 Å². The van der Waals surface area contributed by atoms with E-state index in [0.29, 0.717) is 6.54 Å². The second-order valence-electron chi connectivity index (χ2n) is 4.97. The van der Waals surface area contributed by atoms with Gasteiger partial charge in [-0.15, -0.1) is 0 Å².